The molecule has 0 spiro atoms. The second-order valence-corrected chi connectivity index (χ2v) is 5.12. The molecule has 4 heteroatoms. The number of benzene rings is 1. The molecule has 1 heterocycles. The largest absolute Gasteiger partial charge is 0.496 e. The van der Waals surface area contributed by atoms with Gasteiger partial charge in [0.2, 0.25) is 0 Å². The zero-order chi connectivity index (χ0) is 15.2. The van der Waals surface area contributed by atoms with E-state index in [1.54, 1.807) is 14.2 Å². The Kier molecular flexibility index (Phi) is 5.17. The van der Waals surface area contributed by atoms with Crippen molar-refractivity contribution in [3.05, 3.63) is 53.3 Å². The highest BCUT2D eigenvalue weighted by molar-refractivity contribution is 5.46. The lowest BCUT2D eigenvalue weighted by atomic mass is 10.0. The van der Waals surface area contributed by atoms with Crippen molar-refractivity contribution in [1.82, 2.24) is 4.98 Å². The fraction of sp³-hybridized carbons (Fsp3) is 0.353. The van der Waals surface area contributed by atoms with Crippen LogP contribution >= 0.6 is 0 Å². The van der Waals surface area contributed by atoms with Gasteiger partial charge in [-0.2, -0.15) is 0 Å². The van der Waals surface area contributed by atoms with Gasteiger partial charge in [0.1, 0.15) is 5.75 Å². The molecule has 0 saturated heterocycles. The first-order valence-corrected chi connectivity index (χ1v) is 6.98. The average Bonchev–Trinajstić information content (AvgIpc) is 2.47. The van der Waals surface area contributed by atoms with E-state index < -0.39 is 0 Å². The summed E-state index contributed by atoms with van der Waals surface area (Å²) < 4.78 is 10.6. The number of aryl methyl sites for hydroxylation is 1. The number of rotatable bonds is 6. The minimum atomic E-state index is 0.176. The number of hydrogen-bond acceptors (Lipinski definition) is 4. The first-order valence-electron chi connectivity index (χ1n) is 6.98. The lowest BCUT2D eigenvalue weighted by molar-refractivity contribution is 0.181. The van der Waals surface area contributed by atoms with Crippen LogP contribution in [0.4, 0.5) is 5.69 Å². The van der Waals surface area contributed by atoms with Gasteiger partial charge in [-0.05, 0) is 43.2 Å². The van der Waals surface area contributed by atoms with Crippen LogP contribution < -0.4 is 10.1 Å². The van der Waals surface area contributed by atoms with Crippen LogP contribution in [0.15, 0.2) is 36.7 Å². The average molecular weight is 286 g/mol. The summed E-state index contributed by atoms with van der Waals surface area (Å²) in [5.74, 6) is 0.852. The Labute approximate surface area is 126 Å². The Hall–Kier alpha value is -2.07. The molecule has 0 bridgehead atoms. The molecule has 4 nitrogen and oxygen atoms in total. The van der Waals surface area contributed by atoms with Crippen LogP contribution in [0.3, 0.4) is 0 Å². The normalized spacial score (nSPS) is 12.0. The number of ether oxygens (including phenoxy) is 2. The monoisotopic (exact) mass is 286 g/mol. The molecule has 2 aromatic rings. The predicted octanol–water partition coefficient (Wildman–Crippen LogP) is 3.72. The number of aromatic nitrogens is 1. The highest BCUT2D eigenvalue weighted by atomic mass is 16.5. The molecule has 1 aromatic heterocycles. The Balaban J connectivity index is 2.18. The van der Waals surface area contributed by atoms with Crippen LogP contribution in [0.25, 0.3) is 0 Å². The summed E-state index contributed by atoms with van der Waals surface area (Å²) in [7, 11) is 3.36. The lowest BCUT2D eigenvalue weighted by Crippen LogP contribution is -2.08. The highest BCUT2D eigenvalue weighted by Gasteiger charge is 2.10. The van der Waals surface area contributed by atoms with Crippen molar-refractivity contribution < 1.29 is 9.47 Å². The molecule has 21 heavy (non-hydrogen) atoms. The topological polar surface area (TPSA) is 43.4 Å². The molecule has 0 saturated carbocycles. The molecule has 0 fully saturated rings. The van der Waals surface area contributed by atoms with Crippen LogP contribution in [-0.4, -0.2) is 19.2 Å². The molecule has 1 unspecified atom stereocenters. The molecule has 0 amide bonds. The number of hydrogen-bond donors (Lipinski definition) is 1. The quantitative estimate of drug-likeness (QED) is 0.879. The Morgan fingerprint density at radius 1 is 1.19 bits per heavy atom. The summed E-state index contributed by atoms with van der Waals surface area (Å²) in [6.45, 7) is 4.70. The van der Waals surface area contributed by atoms with E-state index in [4.69, 9.17) is 9.47 Å². The third-order valence-corrected chi connectivity index (χ3v) is 3.36. The van der Waals surface area contributed by atoms with Gasteiger partial charge >= 0.3 is 0 Å². The van der Waals surface area contributed by atoms with E-state index in [1.165, 1.54) is 5.56 Å². The summed E-state index contributed by atoms with van der Waals surface area (Å²) >= 11 is 0. The Bertz CT molecular complexity index is 599. The maximum Gasteiger partial charge on any atom is 0.124 e. The SMILES string of the molecule is COCc1cc(C(C)Nc2cncc(C)c2)ccc1OC. The predicted molar refractivity (Wildman–Crippen MR) is 84.7 cm³/mol. The van der Waals surface area contributed by atoms with E-state index in [2.05, 4.69) is 35.4 Å². The Morgan fingerprint density at radius 2 is 2.00 bits per heavy atom. The van der Waals surface area contributed by atoms with Crippen molar-refractivity contribution in [2.45, 2.75) is 26.5 Å². The number of methoxy groups -OCH3 is 2. The zero-order valence-corrected chi connectivity index (χ0v) is 13.0. The molecule has 0 aliphatic rings. The van der Waals surface area contributed by atoms with Crippen LogP contribution in [0.5, 0.6) is 5.75 Å². The third-order valence-electron chi connectivity index (χ3n) is 3.36. The van der Waals surface area contributed by atoms with Gasteiger partial charge in [0, 0.05) is 31.1 Å². The van der Waals surface area contributed by atoms with E-state index in [-0.39, 0.29) is 6.04 Å². The number of anilines is 1. The van der Waals surface area contributed by atoms with Gasteiger partial charge < -0.3 is 14.8 Å². The summed E-state index contributed by atoms with van der Waals surface area (Å²) in [4.78, 5) is 4.20. The van der Waals surface area contributed by atoms with Crippen LogP contribution in [0, 0.1) is 6.92 Å². The smallest absolute Gasteiger partial charge is 0.124 e. The zero-order valence-electron chi connectivity index (χ0n) is 13.0. The molecule has 0 aliphatic heterocycles. The third kappa shape index (κ3) is 3.95. The minimum absolute atomic E-state index is 0.176. The molecule has 0 radical (unpaired) electrons. The molecule has 1 atom stereocenters. The molecule has 112 valence electrons. The van der Waals surface area contributed by atoms with Gasteiger partial charge in [-0.15, -0.1) is 0 Å². The molecule has 0 aliphatic carbocycles. The van der Waals surface area contributed by atoms with Gasteiger partial charge in [-0.3, -0.25) is 4.98 Å². The Morgan fingerprint density at radius 3 is 2.67 bits per heavy atom. The van der Waals surface area contributed by atoms with Gasteiger partial charge in [0.15, 0.2) is 0 Å². The van der Waals surface area contributed by atoms with Crippen molar-refractivity contribution >= 4 is 5.69 Å². The van der Waals surface area contributed by atoms with E-state index in [0.717, 1.165) is 22.6 Å². The molecule has 1 aromatic carbocycles. The summed E-state index contributed by atoms with van der Waals surface area (Å²) in [6, 6.07) is 8.43. The molecular weight excluding hydrogens is 264 g/mol. The summed E-state index contributed by atoms with van der Waals surface area (Å²) in [5, 5.41) is 3.46. The standard InChI is InChI=1S/C17H22N2O2/c1-12-7-16(10-18-9-12)19-13(2)14-5-6-17(21-4)15(8-14)11-20-3/h5-10,13,19H,11H2,1-4H3. The van der Waals surface area contributed by atoms with Gasteiger partial charge in [0.25, 0.3) is 0 Å². The van der Waals surface area contributed by atoms with Crippen LogP contribution in [-0.2, 0) is 11.3 Å². The van der Waals surface area contributed by atoms with Crippen molar-refractivity contribution in [3.8, 4) is 5.75 Å². The van der Waals surface area contributed by atoms with E-state index >= 15 is 0 Å². The van der Waals surface area contributed by atoms with Crippen molar-refractivity contribution in [1.29, 1.82) is 0 Å². The van der Waals surface area contributed by atoms with Crippen molar-refractivity contribution in [2.24, 2.45) is 0 Å². The summed E-state index contributed by atoms with van der Waals surface area (Å²) in [5.41, 5.74) is 4.39. The maximum absolute atomic E-state index is 5.36. The van der Waals surface area contributed by atoms with Crippen LogP contribution in [0.2, 0.25) is 0 Å². The number of pyridine rings is 1. The van der Waals surface area contributed by atoms with Gasteiger partial charge in [-0.25, -0.2) is 0 Å². The summed E-state index contributed by atoms with van der Waals surface area (Å²) in [6.07, 6.45) is 3.68. The first kappa shape index (κ1) is 15.3. The maximum atomic E-state index is 5.36. The second kappa shape index (κ2) is 7.09. The lowest BCUT2D eigenvalue weighted by Gasteiger charge is -2.18. The van der Waals surface area contributed by atoms with Crippen molar-refractivity contribution in [2.75, 3.05) is 19.5 Å². The molecular formula is C17H22N2O2. The van der Waals surface area contributed by atoms with Crippen molar-refractivity contribution in [3.63, 3.8) is 0 Å². The highest BCUT2D eigenvalue weighted by Crippen LogP contribution is 2.26. The van der Waals surface area contributed by atoms with E-state index in [9.17, 15) is 0 Å². The number of nitrogens with zero attached hydrogens (tertiary/aromatic N) is 1. The van der Waals surface area contributed by atoms with E-state index in [1.807, 2.05) is 25.4 Å². The van der Waals surface area contributed by atoms with Gasteiger partial charge in [0.05, 0.1) is 19.4 Å². The second-order valence-electron chi connectivity index (χ2n) is 5.12. The fourth-order valence-electron chi connectivity index (χ4n) is 2.30. The molecule has 2 rings (SSSR count). The van der Waals surface area contributed by atoms with Crippen LogP contribution in [0.1, 0.15) is 29.7 Å². The molecule has 1 N–H and O–H groups in total. The minimum Gasteiger partial charge on any atom is -0.496 e. The number of nitrogens with one attached hydrogen (secondary N) is 1. The van der Waals surface area contributed by atoms with Gasteiger partial charge in [-0.1, -0.05) is 6.07 Å². The van der Waals surface area contributed by atoms with E-state index in [0.29, 0.717) is 6.61 Å². The first-order chi connectivity index (χ1) is 10.1. The fourth-order valence-corrected chi connectivity index (χ4v) is 2.30.